The number of aliphatic hydroxyl groups excluding tert-OH is 2. The molecule has 0 aliphatic carbocycles. The molecule has 1 unspecified atom stereocenters. The number of esters is 1. The Morgan fingerprint density at radius 2 is 1.00 bits per heavy atom. The van der Waals surface area contributed by atoms with E-state index in [2.05, 4.69) is 13.8 Å². The van der Waals surface area contributed by atoms with Crippen molar-refractivity contribution >= 4 is 13.8 Å². The number of hydrogen-bond acceptors (Lipinski definition) is 8. The Balaban J connectivity index is 4.22. The molecule has 50 heavy (non-hydrogen) atoms. The predicted octanol–water partition coefficient (Wildman–Crippen LogP) is 11.3. The molecule has 0 aromatic rings. The van der Waals surface area contributed by atoms with Gasteiger partial charge < -0.3 is 24.6 Å². The lowest BCUT2D eigenvalue weighted by molar-refractivity contribution is -0.153. The molecule has 0 aliphatic heterocycles. The Kier molecular flexibility index (Phi) is 37.1. The summed E-state index contributed by atoms with van der Waals surface area (Å²) >= 11 is 0. The van der Waals surface area contributed by atoms with E-state index in [1.54, 1.807) is 6.26 Å². The third-order valence-electron chi connectivity index (χ3n) is 9.05. The fourth-order valence-corrected chi connectivity index (χ4v) is 6.64. The van der Waals surface area contributed by atoms with Crippen molar-refractivity contribution in [1.29, 1.82) is 0 Å². The van der Waals surface area contributed by atoms with Gasteiger partial charge >= 0.3 is 13.8 Å². The summed E-state index contributed by atoms with van der Waals surface area (Å²) in [6.07, 6.45) is 36.8. The molecule has 3 N–H and O–H groups in total. The molecule has 0 aromatic carbocycles. The molecule has 0 amide bonds. The van der Waals surface area contributed by atoms with Gasteiger partial charge in [-0.15, -0.1) is 0 Å². The van der Waals surface area contributed by atoms with Crippen molar-refractivity contribution < 1.29 is 43.0 Å². The second kappa shape index (κ2) is 37.8. The van der Waals surface area contributed by atoms with E-state index in [0.29, 0.717) is 0 Å². The summed E-state index contributed by atoms with van der Waals surface area (Å²) in [5.41, 5.74) is 0. The fraction of sp³-hybridized carbons (Fsp3) is 0.925. The zero-order valence-corrected chi connectivity index (χ0v) is 33.3. The molecule has 0 saturated carbocycles. The third-order valence-corrected chi connectivity index (χ3v) is 10.00. The summed E-state index contributed by atoms with van der Waals surface area (Å²) in [5.74, 6) is -0.401. The van der Waals surface area contributed by atoms with E-state index in [-0.39, 0.29) is 13.0 Å². The van der Waals surface area contributed by atoms with Gasteiger partial charge in [0.25, 0.3) is 0 Å². The molecule has 0 spiro atoms. The number of hydrogen-bond donors (Lipinski definition) is 3. The van der Waals surface area contributed by atoms with Crippen LogP contribution < -0.4 is 0 Å². The lowest BCUT2D eigenvalue weighted by Crippen LogP contribution is -2.28. The maximum absolute atomic E-state index is 12.6. The molecule has 0 heterocycles. The molecule has 298 valence electrons. The molecular formula is C40H79O9P. The first-order valence-electron chi connectivity index (χ1n) is 20.7. The Bertz CT molecular complexity index is 795. The van der Waals surface area contributed by atoms with E-state index in [1.807, 2.05) is 6.08 Å². The highest BCUT2D eigenvalue weighted by Crippen LogP contribution is 2.43. The zero-order chi connectivity index (χ0) is 36.8. The third kappa shape index (κ3) is 36.8. The van der Waals surface area contributed by atoms with Gasteiger partial charge in [0, 0.05) is 6.42 Å². The average Bonchev–Trinajstić information content (AvgIpc) is 3.10. The second-order valence-corrected chi connectivity index (χ2v) is 15.5. The molecular weight excluding hydrogens is 655 g/mol. The van der Waals surface area contributed by atoms with Crippen molar-refractivity contribution in [3.8, 4) is 0 Å². The minimum absolute atomic E-state index is 0.0290. The van der Waals surface area contributed by atoms with Gasteiger partial charge in [0.2, 0.25) is 0 Å². The van der Waals surface area contributed by atoms with E-state index in [4.69, 9.17) is 23.6 Å². The summed E-state index contributed by atoms with van der Waals surface area (Å²) in [7, 11) is -4.52. The Hall–Kier alpha value is -0.960. The van der Waals surface area contributed by atoms with Crippen molar-refractivity contribution in [2.75, 3.05) is 26.4 Å². The fourth-order valence-electron chi connectivity index (χ4n) is 5.85. The second-order valence-electron chi connectivity index (χ2n) is 14.1. The SMILES string of the molecule is CCCCCCCCCCCCCC/C=C\OC[C@H](COP(=O)(O)OC[C@@H](O)CO)OC(=O)CCCCCCCCCCCCCCCCC. The van der Waals surface area contributed by atoms with Crippen LogP contribution in [0.3, 0.4) is 0 Å². The maximum Gasteiger partial charge on any atom is 0.472 e. The van der Waals surface area contributed by atoms with Crippen LogP contribution in [0.1, 0.15) is 200 Å². The van der Waals surface area contributed by atoms with Crippen molar-refractivity contribution in [2.45, 2.75) is 212 Å². The minimum atomic E-state index is -4.52. The van der Waals surface area contributed by atoms with Gasteiger partial charge in [0.1, 0.15) is 12.7 Å². The van der Waals surface area contributed by atoms with Gasteiger partial charge in [0.15, 0.2) is 6.10 Å². The highest BCUT2D eigenvalue weighted by Gasteiger charge is 2.26. The van der Waals surface area contributed by atoms with E-state index in [1.165, 1.54) is 148 Å². The van der Waals surface area contributed by atoms with Gasteiger partial charge in [-0.1, -0.05) is 174 Å². The first-order valence-corrected chi connectivity index (χ1v) is 22.2. The highest BCUT2D eigenvalue weighted by molar-refractivity contribution is 7.47. The van der Waals surface area contributed by atoms with Gasteiger partial charge in [-0.2, -0.15) is 0 Å². The molecule has 3 atom stereocenters. The molecule has 0 bridgehead atoms. The molecule has 10 heteroatoms. The van der Waals surface area contributed by atoms with Crippen LogP contribution in [0.4, 0.5) is 0 Å². The normalized spacial score (nSPS) is 14.2. The summed E-state index contributed by atoms with van der Waals surface area (Å²) in [5, 5.41) is 18.3. The first kappa shape index (κ1) is 49.0. The van der Waals surface area contributed by atoms with Gasteiger partial charge in [-0.05, 0) is 25.3 Å². The van der Waals surface area contributed by atoms with Crippen LogP contribution in [-0.4, -0.2) is 59.7 Å². The summed E-state index contributed by atoms with van der Waals surface area (Å²) in [6, 6.07) is 0. The smallest absolute Gasteiger partial charge is 0.472 e. The highest BCUT2D eigenvalue weighted by atomic mass is 31.2. The van der Waals surface area contributed by atoms with Crippen molar-refractivity contribution in [3.05, 3.63) is 12.3 Å². The van der Waals surface area contributed by atoms with Crippen molar-refractivity contribution in [2.24, 2.45) is 0 Å². The topological polar surface area (TPSA) is 132 Å². The van der Waals surface area contributed by atoms with Crippen LogP contribution in [0.25, 0.3) is 0 Å². The number of carbonyl (C=O) groups excluding carboxylic acids is 1. The first-order chi connectivity index (χ1) is 24.3. The lowest BCUT2D eigenvalue weighted by Gasteiger charge is -2.20. The Morgan fingerprint density at radius 1 is 0.600 bits per heavy atom. The molecule has 0 aliphatic rings. The van der Waals surface area contributed by atoms with E-state index in [0.717, 1.165) is 32.1 Å². The number of allylic oxidation sites excluding steroid dienone is 1. The van der Waals surface area contributed by atoms with E-state index >= 15 is 0 Å². The molecule has 0 saturated heterocycles. The van der Waals surface area contributed by atoms with Crippen molar-refractivity contribution in [1.82, 2.24) is 0 Å². The monoisotopic (exact) mass is 735 g/mol. The lowest BCUT2D eigenvalue weighted by atomic mass is 10.0. The van der Waals surface area contributed by atoms with Gasteiger partial charge in [0.05, 0.1) is 26.1 Å². The number of ether oxygens (including phenoxy) is 2. The number of carbonyl (C=O) groups is 1. The summed E-state index contributed by atoms with van der Waals surface area (Å²) in [6.45, 7) is 2.91. The number of rotatable bonds is 40. The summed E-state index contributed by atoms with van der Waals surface area (Å²) in [4.78, 5) is 22.5. The standard InChI is InChI=1S/C40H79O9P/c1-3-5-7-9-11-13-15-17-19-20-22-24-26-28-30-32-40(43)49-39(37-48-50(44,45)47-35-38(42)34-41)36-46-33-31-29-27-25-23-21-18-16-14-12-10-8-6-4-2/h31,33,38-39,41-42H,3-30,32,34-37H2,1-2H3,(H,44,45)/b33-31-/t38-,39+/m0/s1. The van der Waals surface area contributed by atoms with Gasteiger partial charge in [-0.3, -0.25) is 13.8 Å². The Morgan fingerprint density at radius 3 is 1.44 bits per heavy atom. The van der Waals surface area contributed by atoms with Crippen LogP contribution >= 0.6 is 7.82 Å². The quantitative estimate of drug-likeness (QED) is 0.0243. The van der Waals surface area contributed by atoms with Crippen LogP contribution in [-0.2, 0) is 27.9 Å². The van der Waals surface area contributed by atoms with Crippen LogP contribution in [0.5, 0.6) is 0 Å². The average molecular weight is 735 g/mol. The van der Waals surface area contributed by atoms with Crippen LogP contribution in [0, 0.1) is 0 Å². The number of phosphoric acid groups is 1. The van der Waals surface area contributed by atoms with Crippen molar-refractivity contribution in [3.63, 3.8) is 0 Å². The predicted molar refractivity (Wildman–Crippen MR) is 205 cm³/mol. The number of unbranched alkanes of at least 4 members (excludes halogenated alkanes) is 26. The van der Waals surface area contributed by atoms with Gasteiger partial charge in [-0.25, -0.2) is 4.57 Å². The minimum Gasteiger partial charge on any atom is -0.498 e. The van der Waals surface area contributed by atoms with E-state index in [9.17, 15) is 19.4 Å². The molecule has 0 fully saturated rings. The number of phosphoric ester groups is 1. The van der Waals surface area contributed by atoms with Crippen LogP contribution in [0.15, 0.2) is 12.3 Å². The maximum atomic E-state index is 12.6. The van der Waals surface area contributed by atoms with E-state index < -0.39 is 45.8 Å². The Labute approximate surface area is 307 Å². The molecule has 0 aromatic heterocycles. The summed E-state index contributed by atoms with van der Waals surface area (Å²) < 4.78 is 33.1. The van der Waals surface area contributed by atoms with Crippen LogP contribution in [0.2, 0.25) is 0 Å². The molecule has 0 radical (unpaired) electrons. The molecule has 0 rings (SSSR count). The number of aliphatic hydroxyl groups is 2. The zero-order valence-electron chi connectivity index (χ0n) is 32.4. The molecule has 9 nitrogen and oxygen atoms in total. The largest absolute Gasteiger partial charge is 0.498 e.